The maximum atomic E-state index is 13.9. The number of ether oxygens (including phenoxy) is 2. The number of nitrogens with zero attached hydrogens (tertiary/aromatic N) is 6. The summed E-state index contributed by atoms with van der Waals surface area (Å²) < 4.78 is 41.1. The molecule has 0 saturated carbocycles. The number of aliphatic hydroxyl groups excluding tert-OH is 1. The minimum Gasteiger partial charge on any atom is -0.495 e. The molecule has 0 aliphatic heterocycles. The van der Waals surface area contributed by atoms with Gasteiger partial charge in [0.15, 0.2) is 27.3 Å². The van der Waals surface area contributed by atoms with E-state index in [0.717, 1.165) is 16.7 Å². The Labute approximate surface area is 234 Å². The number of hydrogen-bond donors (Lipinski definition) is 1. The lowest BCUT2D eigenvalue weighted by Crippen LogP contribution is -2.32. The number of aromatic nitrogens is 6. The van der Waals surface area contributed by atoms with E-state index in [2.05, 4.69) is 25.1 Å². The molecule has 3 atom stereocenters. The largest absolute Gasteiger partial charge is 0.495 e. The molecule has 0 aliphatic carbocycles. The molecule has 0 unspecified atom stereocenters. The highest BCUT2D eigenvalue weighted by molar-refractivity contribution is 7.91. The molecule has 0 fully saturated rings. The van der Waals surface area contributed by atoms with E-state index in [-0.39, 0.29) is 18.3 Å². The summed E-state index contributed by atoms with van der Waals surface area (Å²) in [6.07, 6.45) is 4.78. The SMILES string of the molecule is COc1cccc(C)c1-n1c(CS(=O)(=O)[C@H](C)[C@@H](OC[C@@H](C)O)c2ncc(C)cn2)nnc1-c1cncc(C)c1. The van der Waals surface area contributed by atoms with E-state index in [0.29, 0.717) is 22.8 Å². The Morgan fingerprint density at radius 3 is 2.38 bits per heavy atom. The summed E-state index contributed by atoms with van der Waals surface area (Å²) in [7, 11) is -2.37. The van der Waals surface area contributed by atoms with Gasteiger partial charge in [-0.3, -0.25) is 9.55 Å². The number of aliphatic hydroxyl groups is 1. The zero-order valence-corrected chi connectivity index (χ0v) is 24.3. The molecule has 12 heteroatoms. The normalized spacial score (nSPS) is 14.1. The number of rotatable bonds is 11. The second kappa shape index (κ2) is 12.2. The van der Waals surface area contributed by atoms with Crippen LogP contribution in [0.5, 0.6) is 5.75 Å². The average Bonchev–Trinajstić information content (AvgIpc) is 3.31. The average molecular weight is 567 g/mol. The number of hydrogen-bond acceptors (Lipinski definition) is 10. The van der Waals surface area contributed by atoms with E-state index in [9.17, 15) is 13.5 Å². The third-order valence-corrected chi connectivity index (χ3v) is 8.44. The third-order valence-electron chi connectivity index (χ3n) is 6.40. The molecule has 0 amide bonds. The van der Waals surface area contributed by atoms with Crippen LogP contribution in [0.3, 0.4) is 0 Å². The summed E-state index contributed by atoms with van der Waals surface area (Å²) in [6.45, 7) is 8.69. The summed E-state index contributed by atoms with van der Waals surface area (Å²) in [5.74, 6) is 0.953. The first-order chi connectivity index (χ1) is 19.0. The van der Waals surface area contributed by atoms with Gasteiger partial charge in [-0.1, -0.05) is 12.1 Å². The van der Waals surface area contributed by atoms with Crippen molar-refractivity contribution in [2.75, 3.05) is 13.7 Å². The molecule has 1 N–H and O–H groups in total. The van der Waals surface area contributed by atoms with Crippen LogP contribution >= 0.6 is 0 Å². The number of sulfone groups is 1. The van der Waals surface area contributed by atoms with Crippen LogP contribution in [0.2, 0.25) is 0 Å². The summed E-state index contributed by atoms with van der Waals surface area (Å²) in [5.41, 5.74) is 3.91. The zero-order valence-electron chi connectivity index (χ0n) is 23.4. The Hall–Kier alpha value is -3.74. The van der Waals surface area contributed by atoms with E-state index < -0.39 is 33.0 Å². The highest BCUT2D eigenvalue weighted by atomic mass is 32.2. The van der Waals surface area contributed by atoms with Crippen molar-refractivity contribution in [3.05, 3.63) is 77.4 Å². The van der Waals surface area contributed by atoms with E-state index in [1.165, 1.54) is 0 Å². The van der Waals surface area contributed by atoms with Gasteiger partial charge in [0, 0.05) is 30.4 Å². The van der Waals surface area contributed by atoms with Crippen LogP contribution in [-0.2, 0) is 20.3 Å². The van der Waals surface area contributed by atoms with Gasteiger partial charge in [0.1, 0.15) is 17.6 Å². The molecule has 0 bridgehead atoms. The molecule has 0 radical (unpaired) electrons. The lowest BCUT2D eigenvalue weighted by molar-refractivity contribution is -0.00774. The van der Waals surface area contributed by atoms with Gasteiger partial charge in [-0.05, 0) is 63.4 Å². The summed E-state index contributed by atoms with van der Waals surface area (Å²) >= 11 is 0. The van der Waals surface area contributed by atoms with Gasteiger partial charge < -0.3 is 14.6 Å². The second-order valence-electron chi connectivity index (χ2n) is 9.89. The van der Waals surface area contributed by atoms with Crippen molar-refractivity contribution >= 4 is 9.84 Å². The molecule has 0 spiro atoms. The molecule has 11 nitrogen and oxygen atoms in total. The molecule has 0 saturated heterocycles. The van der Waals surface area contributed by atoms with Crippen molar-refractivity contribution in [1.82, 2.24) is 29.7 Å². The van der Waals surface area contributed by atoms with E-state index in [4.69, 9.17) is 9.47 Å². The predicted octanol–water partition coefficient (Wildman–Crippen LogP) is 3.50. The number of methoxy groups -OCH3 is 1. The monoisotopic (exact) mass is 566 g/mol. The van der Waals surface area contributed by atoms with Crippen molar-refractivity contribution in [3.8, 4) is 22.8 Å². The summed E-state index contributed by atoms with van der Waals surface area (Å²) in [5, 5.41) is 17.5. The number of para-hydroxylation sites is 1. The first-order valence-corrected chi connectivity index (χ1v) is 14.5. The number of pyridine rings is 1. The van der Waals surface area contributed by atoms with Crippen molar-refractivity contribution in [2.24, 2.45) is 0 Å². The fourth-order valence-corrected chi connectivity index (χ4v) is 5.69. The summed E-state index contributed by atoms with van der Waals surface area (Å²) in [6, 6.07) is 7.48. The van der Waals surface area contributed by atoms with Crippen LogP contribution in [0.25, 0.3) is 17.1 Å². The van der Waals surface area contributed by atoms with Crippen LogP contribution in [0.15, 0.2) is 49.1 Å². The third kappa shape index (κ3) is 6.35. The molecule has 212 valence electrons. The fraction of sp³-hybridized carbons (Fsp3) is 0.393. The maximum Gasteiger partial charge on any atom is 0.170 e. The Morgan fingerprint density at radius 2 is 1.73 bits per heavy atom. The Kier molecular flexibility index (Phi) is 8.92. The molecular formula is C28H34N6O5S. The van der Waals surface area contributed by atoms with Gasteiger partial charge in [-0.25, -0.2) is 18.4 Å². The van der Waals surface area contributed by atoms with E-state index in [1.807, 2.05) is 39.0 Å². The van der Waals surface area contributed by atoms with Crippen LogP contribution in [0, 0.1) is 20.8 Å². The van der Waals surface area contributed by atoms with Gasteiger partial charge in [-0.15, -0.1) is 10.2 Å². The topological polar surface area (TPSA) is 142 Å². The van der Waals surface area contributed by atoms with Gasteiger partial charge in [0.25, 0.3) is 0 Å². The minimum absolute atomic E-state index is 0.0805. The minimum atomic E-state index is -3.93. The highest BCUT2D eigenvalue weighted by Gasteiger charge is 2.36. The van der Waals surface area contributed by atoms with Gasteiger partial charge >= 0.3 is 0 Å². The van der Waals surface area contributed by atoms with Crippen LogP contribution < -0.4 is 4.74 Å². The molecule has 40 heavy (non-hydrogen) atoms. The standard InChI is InChI=1S/C28H34N6O5S/c1-17-10-22(14-29-11-17)28-33-32-24(34(28)25-19(3)8-7-9-23(25)38-6)16-40(36,37)21(5)26(39-15-20(4)35)27-30-12-18(2)13-31-27/h7-14,20-21,26,35H,15-16H2,1-6H3/t20-,21-,26-/m1/s1. The molecule has 4 rings (SSSR count). The lowest BCUT2D eigenvalue weighted by Gasteiger charge is -2.24. The van der Waals surface area contributed by atoms with Crippen molar-refractivity contribution in [2.45, 2.75) is 57.8 Å². The molecule has 3 heterocycles. The number of benzene rings is 1. The van der Waals surface area contributed by atoms with Gasteiger partial charge in [0.05, 0.1) is 30.8 Å². The molecule has 4 aromatic rings. The first-order valence-electron chi connectivity index (χ1n) is 12.8. The van der Waals surface area contributed by atoms with E-state index >= 15 is 0 Å². The molecule has 3 aromatic heterocycles. The maximum absolute atomic E-state index is 13.9. The fourth-order valence-electron chi connectivity index (χ4n) is 4.30. The lowest BCUT2D eigenvalue weighted by atomic mass is 10.1. The summed E-state index contributed by atoms with van der Waals surface area (Å²) in [4.78, 5) is 12.9. The van der Waals surface area contributed by atoms with Crippen LogP contribution in [0.4, 0.5) is 0 Å². The number of aryl methyl sites for hydroxylation is 3. The smallest absolute Gasteiger partial charge is 0.170 e. The van der Waals surface area contributed by atoms with E-state index in [1.54, 1.807) is 56.4 Å². The zero-order chi connectivity index (χ0) is 29.0. The Bertz CT molecular complexity index is 1570. The Morgan fingerprint density at radius 1 is 1.00 bits per heavy atom. The Balaban J connectivity index is 1.81. The highest BCUT2D eigenvalue weighted by Crippen LogP contribution is 2.33. The second-order valence-corrected chi connectivity index (χ2v) is 12.2. The molecule has 0 aliphatic rings. The van der Waals surface area contributed by atoms with Crippen molar-refractivity contribution < 1.29 is 23.0 Å². The van der Waals surface area contributed by atoms with Gasteiger partial charge in [0.2, 0.25) is 0 Å². The van der Waals surface area contributed by atoms with Crippen molar-refractivity contribution in [3.63, 3.8) is 0 Å². The predicted molar refractivity (Wildman–Crippen MR) is 150 cm³/mol. The van der Waals surface area contributed by atoms with Crippen LogP contribution in [-0.4, -0.2) is 68.3 Å². The van der Waals surface area contributed by atoms with Crippen LogP contribution in [0.1, 0.15) is 48.3 Å². The first kappa shape index (κ1) is 29.2. The molecular weight excluding hydrogens is 532 g/mol. The van der Waals surface area contributed by atoms with Crippen molar-refractivity contribution in [1.29, 1.82) is 0 Å². The van der Waals surface area contributed by atoms with Gasteiger partial charge in [-0.2, -0.15) is 0 Å². The quantitative estimate of drug-likeness (QED) is 0.287. The molecule has 1 aromatic carbocycles.